The first-order valence-corrected chi connectivity index (χ1v) is 9.83. The molecule has 4 aromatic rings. The molecule has 0 radical (unpaired) electrons. The second-order valence-corrected chi connectivity index (χ2v) is 7.21. The van der Waals surface area contributed by atoms with Crippen LogP contribution >= 0.6 is 0 Å². The summed E-state index contributed by atoms with van der Waals surface area (Å²) in [5, 5.41) is 10.9. The fraction of sp³-hybridized carbons (Fsp3) is 0. The molecule has 0 fully saturated rings. The number of allylic oxidation sites excluding steroid dienone is 1. The van der Waals surface area contributed by atoms with Gasteiger partial charge in [-0.2, -0.15) is 0 Å². The second-order valence-electron chi connectivity index (χ2n) is 7.21. The van der Waals surface area contributed by atoms with Crippen LogP contribution in [0.15, 0.2) is 93.4 Å². The number of nitrogens with one attached hydrogen (secondary N) is 1. The summed E-state index contributed by atoms with van der Waals surface area (Å²) >= 11 is 0. The number of aromatic amines is 1. The zero-order valence-electron chi connectivity index (χ0n) is 16.6. The van der Waals surface area contributed by atoms with Crippen LogP contribution in [0.4, 0.5) is 10.1 Å². The Morgan fingerprint density at radius 2 is 1.59 bits per heavy atom. The second kappa shape index (κ2) is 7.63. The summed E-state index contributed by atoms with van der Waals surface area (Å²) in [7, 11) is 0. The fourth-order valence-corrected chi connectivity index (χ4v) is 3.71. The van der Waals surface area contributed by atoms with Crippen LogP contribution in [0.1, 0.15) is 16.7 Å². The molecule has 1 aliphatic heterocycles. The molecular weight excluding hydrogens is 409 g/mol. The molecule has 2 heterocycles. The summed E-state index contributed by atoms with van der Waals surface area (Å²) in [5.74, 6) is -1.03. The molecule has 7 heteroatoms. The normalized spacial score (nSPS) is 13.8. The molecule has 156 valence electrons. The number of halogens is 1. The van der Waals surface area contributed by atoms with Crippen LogP contribution in [0, 0.1) is 5.82 Å². The van der Waals surface area contributed by atoms with Gasteiger partial charge in [0.15, 0.2) is 0 Å². The Bertz CT molecular complexity index is 1520. The van der Waals surface area contributed by atoms with Gasteiger partial charge in [0.2, 0.25) is 5.88 Å². The first-order chi connectivity index (χ1) is 15.5. The summed E-state index contributed by atoms with van der Waals surface area (Å²) in [6.07, 6.45) is 1.52. The minimum Gasteiger partial charge on any atom is -0.494 e. The van der Waals surface area contributed by atoms with Gasteiger partial charge < -0.3 is 5.11 Å². The molecule has 0 saturated heterocycles. The lowest BCUT2D eigenvalue weighted by molar-refractivity contribution is 0.429. The molecule has 1 aromatic heterocycles. The molecule has 3 aromatic carbocycles. The van der Waals surface area contributed by atoms with Crippen LogP contribution in [0.5, 0.6) is 5.88 Å². The number of H-pyrrole nitrogens is 1. The Morgan fingerprint density at radius 3 is 2.34 bits per heavy atom. The summed E-state index contributed by atoms with van der Waals surface area (Å²) < 4.78 is 14.3. The smallest absolute Gasteiger partial charge is 0.335 e. The fourth-order valence-electron chi connectivity index (χ4n) is 3.71. The van der Waals surface area contributed by atoms with Gasteiger partial charge in [0.1, 0.15) is 11.4 Å². The maximum atomic E-state index is 13.3. The third-order valence-electron chi connectivity index (χ3n) is 5.22. The zero-order valence-corrected chi connectivity index (χ0v) is 16.6. The van der Waals surface area contributed by atoms with Gasteiger partial charge in [0.05, 0.1) is 17.1 Å². The Labute approximate surface area is 181 Å². The first-order valence-electron chi connectivity index (χ1n) is 9.83. The molecule has 0 bridgehead atoms. The Hall–Kier alpha value is -4.52. The monoisotopic (exact) mass is 425 g/mol. The van der Waals surface area contributed by atoms with Gasteiger partial charge in [-0.25, -0.2) is 18.7 Å². The van der Waals surface area contributed by atoms with Crippen LogP contribution in [0.2, 0.25) is 0 Å². The Kier molecular flexibility index (Phi) is 4.63. The van der Waals surface area contributed by atoms with E-state index in [1.54, 1.807) is 0 Å². The van der Waals surface area contributed by atoms with Gasteiger partial charge >= 0.3 is 5.69 Å². The average molecular weight is 425 g/mol. The van der Waals surface area contributed by atoms with E-state index in [4.69, 9.17) is 4.99 Å². The van der Waals surface area contributed by atoms with Crippen LogP contribution in [-0.4, -0.2) is 20.4 Å². The number of rotatable bonds is 3. The molecular formula is C25H16FN3O3. The maximum absolute atomic E-state index is 13.3. The van der Waals surface area contributed by atoms with Crippen molar-refractivity contribution in [1.82, 2.24) is 9.55 Å². The zero-order chi connectivity index (χ0) is 22.2. The van der Waals surface area contributed by atoms with Crippen molar-refractivity contribution in [3.8, 4) is 11.6 Å². The largest absolute Gasteiger partial charge is 0.494 e. The first kappa shape index (κ1) is 19.4. The molecule has 5 rings (SSSR count). The number of hydrogen-bond acceptors (Lipinski definition) is 4. The van der Waals surface area contributed by atoms with Crippen LogP contribution in [0.25, 0.3) is 17.3 Å². The number of aromatic hydroxyl groups is 1. The van der Waals surface area contributed by atoms with E-state index < -0.39 is 22.9 Å². The molecule has 2 N–H and O–H groups in total. The van der Waals surface area contributed by atoms with Crippen LogP contribution in [-0.2, 0) is 0 Å². The van der Waals surface area contributed by atoms with Crippen molar-refractivity contribution in [3.05, 3.63) is 122 Å². The van der Waals surface area contributed by atoms with Crippen molar-refractivity contribution >= 4 is 23.0 Å². The van der Waals surface area contributed by atoms with Gasteiger partial charge in [-0.3, -0.25) is 9.78 Å². The molecule has 0 atom stereocenters. The highest BCUT2D eigenvalue weighted by atomic mass is 19.1. The standard InChI is InChI=1S/C25H16FN3O3/c26-16-10-12-17(13-11-16)29-24(31)20(23(30)28-25(29)32)14-19-18-8-4-5-9-21(18)27-22(19)15-6-2-1-3-7-15/h1-14,31H,(H,28,30,32)/b19-14+. The van der Waals surface area contributed by atoms with Crippen molar-refractivity contribution in [1.29, 1.82) is 0 Å². The van der Waals surface area contributed by atoms with Crippen molar-refractivity contribution in [2.45, 2.75) is 0 Å². The quantitative estimate of drug-likeness (QED) is 0.519. The predicted octanol–water partition coefficient (Wildman–Crippen LogP) is 4.05. The minimum atomic E-state index is -0.829. The summed E-state index contributed by atoms with van der Waals surface area (Å²) in [5.41, 5.74) is 2.20. The van der Waals surface area contributed by atoms with E-state index in [0.717, 1.165) is 33.5 Å². The summed E-state index contributed by atoms with van der Waals surface area (Å²) in [6, 6.07) is 22.0. The van der Waals surface area contributed by atoms with Crippen molar-refractivity contribution in [2.75, 3.05) is 0 Å². The third-order valence-corrected chi connectivity index (χ3v) is 5.22. The average Bonchev–Trinajstić information content (AvgIpc) is 3.17. The van der Waals surface area contributed by atoms with E-state index >= 15 is 0 Å². The molecule has 0 unspecified atom stereocenters. The number of aromatic nitrogens is 2. The van der Waals surface area contributed by atoms with Gasteiger partial charge in [0.25, 0.3) is 5.56 Å². The number of hydrogen-bond donors (Lipinski definition) is 2. The maximum Gasteiger partial charge on any atom is 0.335 e. The summed E-state index contributed by atoms with van der Waals surface area (Å²) in [6.45, 7) is 0. The van der Waals surface area contributed by atoms with Gasteiger partial charge in [-0.15, -0.1) is 0 Å². The number of benzene rings is 3. The summed E-state index contributed by atoms with van der Waals surface area (Å²) in [4.78, 5) is 32.0. The van der Waals surface area contributed by atoms with Crippen LogP contribution in [0.3, 0.4) is 0 Å². The third kappa shape index (κ3) is 3.26. The molecule has 0 saturated carbocycles. The van der Waals surface area contributed by atoms with Crippen molar-refractivity contribution < 1.29 is 9.50 Å². The highest BCUT2D eigenvalue weighted by Crippen LogP contribution is 2.38. The number of para-hydroxylation sites is 1. The SMILES string of the molecule is O=c1[nH]c(=O)n(-c2ccc(F)cc2)c(O)c1/C=C1/C(c2ccccc2)=Nc2ccccc21. The topological polar surface area (TPSA) is 87.5 Å². The molecule has 0 spiro atoms. The number of fused-ring (bicyclic) bond motifs is 1. The predicted molar refractivity (Wildman–Crippen MR) is 121 cm³/mol. The number of aliphatic imine (C=N–C) groups is 1. The van der Waals surface area contributed by atoms with E-state index in [-0.39, 0.29) is 11.3 Å². The van der Waals surface area contributed by atoms with E-state index in [1.807, 2.05) is 54.6 Å². The van der Waals surface area contributed by atoms with E-state index in [2.05, 4.69) is 4.98 Å². The van der Waals surface area contributed by atoms with E-state index in [9.17, 15) is 19.1 Å². The van der Waals surface area contributed by atoms with Gasteiger partial charge in [0, 0.05) is 16.7 Å². The lowest BCUT2D eigenvalue weighted by atomic mass is 9.96. The van der Waals surface area contributed by atoms with Gasteiger partial charge in [-0.05, 0) is 36.4 Å². The van der Waals surface area contributed by atoms with Crippen molar-refractivity contribution in [3.63, 3.8) is 0 Å². The molecule has 32 heavy (non-hydrogen) atoms. The Balaban J connectivity index is 1.74. The lowest BCUT2D eigenvalue weighted by Gasteiger charge is -2.11. The number of nitrogens with zero attached hydrogens (tertiary/aromatic N) is 2. The molecule has 0 amide bonds. The molecule has 1 aliphatic rings. The highest BCUT2D eigenvalue weighted by Gasteiger charge is 2.24. The molecule has 0 aliphatic carbocycles. The van der Waals surface area contributed by atoms with E-state index in [1.165, 1.54) is 18.2 Å². The Morgan fingerprint density at radius 1 is 0.906 bits per heavy atom. The lowest BCUT2D eigenvalue weighted by Crippen LogP contribution is -2.30. The minimum absolute atomic E-state index is 0.107. The van der Waals surface area contributed by atoms with E-state index in [0.29, 0.717) is 11.3 Å². The molecule has 6 nitrogen and oxygen atoms in total. The van der Waals surface area contributed by atoms with Gasteiger partial charge in [-0.1, -0.05) is 48.5 Å². The van der Waals surface area contributed by atoms with Crippen molar-refractivity contribution in [2.24, 2.45) is 4.99 Å². The highest BCUT2D eigenvalue weighted by molar-refractivity contribution is 6.39. The van der Waals surface area contributed by atoms with Crippen LogP contribution < -0.4 is 11.2 Å².